The van der Waals surface area contributed by atoms with E-state index in [2.05, 4.69) is 5.32 Å². The molecule has 1 N–H and O–H groups in total. The second kappa shape index (κ2) is 6.38. The molecule has 1 rings (SSSR count). The van der Waals surface area contributed by atoms with Crippen LogP contribution in [-0.2, 0) is 0 Å². The van der Waals surface area contributed by atoms with Crippen molar-refractivity contribution in [3.8, 4) is 5.75 Å². The monoisotopic (exact) mass is 197 g/mol. The van der Waals surface area contributed by atoms with Gasteiger partial charge in [-0.2, -0.15) is 0 Å². The molecule has 0 saturated carbocycles. The Kier molecular flexibility index (Phi) is 5.00. The maximum Gasteiger partial charge on any atom is 0.126 e. The summed E-state index contributed by atoms with van der Waals surface area (Å²) in [5.41, 5.74) is 0. The summed E-state index contributed by atoms with van der Waals surface area (Å²) < 4.78 is 18.1. The molecule has 0 bridgehead atoms. The standard InChI is InChI=1S/C11H16FNO/c1-13-7-2-3-8-14-11-6-4-5-10(12)9-11/h4-6,9,13H,2-3,7-8H2,1H3. The van der Waals surface area contributed by atoms with Crippen LogP contribution in [0.15, 0.2) is 24.3 Å². The summed E-state index contributed by atoms with van der Waals surface area (Å²) in [5.74, 6) is 0.354. The van der Waals surface area contributed by atoms with E-state index in [9.17, 15) is 4.39 Å². The average molecular weight is 197 g/mol. The van der Waals surface area contributed by atoms with Crippen LogP contribution in [0.5, 0.6) is 5.75 Å². The van der Waals surface area contributed by atoms with Gasteiger partial charge in [0.15, 0.2) is 0 Å². The Morgan fingerprint density at radius 3 is 2.93 bits per heavy atom. The fraction of sp³-hybridized carbons (Fsp3) is 0.455. The highest BCUT2D eigenvalue weighted by Gasteiger charge is 1.95. The summed E-state index contributed by atoms with van der Waals surface area (Å²) in [7, 11) is 1.92. The fourth-order valence-electron chi connectivity index (χ4n) is 1.15. The lowest BCUT2D eigenvalue weighted by atomic mass is 10.3. The fourth-order valence-corrected chi connectivity index (χ4v) is 1.15. The molecule has 78 valence electrons. The van der Waals surface area contributed by atoms with Gasteiger partial charge in [0.1, 0.15) is 11.6 Å². The molecule has 1 aromatic rings. The van der Waals surface area contributed by atoms with Gasteiger partial charge in [-0.05, 0) is 38.6 Å². The molecule has 0 amide bonds. The van der Waals surface area contributed by atoms with Crippen LogP contribution >= 0.6 is 0 Å². The first-order valence-corrected chi connectivity index (χ1v) is 4.86. The Balaban J connectivity index is 2.18. The van der Waals surface area contributed by atoms with E-state index < -0.39 is 0 Å². The molecule has 0 radical (unpaired) electrons. The number of hydrogen-bond acceptors (Lipinski definition) is 2. The zero-order chi connectivity index (χ0) is 10.2. The lowest BCUT2D eigenvalue weighted by Gasteiger charge is -2.05. The Labute approximate surface area is 84.1 Å². The van der Waals surface area contributed by atoms with Crippen LogP contribution in [0.25, 0.3) is 0 Å². The van der Waals surface area contributed by atoms with Gasteiger partial charge < -0.3 is 10.1 Å². The minimum Gasteiger partial charge on any atom is -0.493 e. The van der Waals surface area contributed by atoms with Gasteiger partial charge >= 0.3 is 0 Å². The van der Waals surface area contributed by atoms with Gasteiger partial charge in [0.05, 0.1) is 6.61 Å². The maximum absolute atomic E-state index is 12.7. The summed E-state index contributed by atoms with van der Waals surface area (Å²) in [5, 5.41) is 3.06. The Morgan fingerprint density at radius 1 is 1.36 bits per heavy atom. The summed E-state index contributed by atoms with van der Waals surface area (Å²) >= 11 is 0. The highest BCUT2D eigenvalue weighted by atomic mass is 19.1. The van der Waals surface area contributed by atoms with Gasteiger partial charge in [-0.25, -0.2) is 4.39 Å². The summed E-state index contributed by atoms with van der Waals surface area (Å²) in [6.07, 6.45) is 2.06. The quantitative estimate of drug-likeness (QED) is 0.706. The second-order valence-corrected chi connectivity index (χ2v) is 3.12. The van der Waals surface area contributed by atoms with Crippen molar-refractivity contribution >= 4 is 0 Å². The predicted molar refractivity (Wildman–Crippen MR) is 55.1 cm³/mol. The van der Waals surface area contributed by atoms with Crippen molar-refractivity contribution in [2.75, 3.05) is 20.2 Å². The van der Waals surface area contributed by atoms with E-state index in [1.807, 2.05) is 7.05 Å². The number of ether oxygens (including phenoxy) is 1. The van der Waals surface area contributed by atoms with E-state index in [1.54, 1.807) is 12.1 Å². The van der Waals surface area contributed by atoms with Crippen molar-refractivity contribution in [1.82, 2.24) is 5.32 Å². The number of rotatable bonds is 6. The van der Waals surface area contributed by atoms with Gasteiger partial charge in [-0.3, -0.25) is 0 Å². The third-order valence-corrected chi connectivity index (χ3v) is 1.89. The highest BCUT2D eigenvalue weighted by molar-refractivity contribution is 5.22. The molecule has 0 unspecified atom stereocenters. The third kappa shape index (κ3) is 4.23. The molecule has 0 atom stereocenters. The highest BCUT2D eigenvalue weighted by Crippen LogP contribution is 2.12. The van der Waals surface area contributed by atoms with Gasteiger partial charge in [-0.1, -0.05) is 6.07 Å². The largest absolute Gasteiger partial charge is 0.493 e. The van der Waals surface area contributed by atoms with Crippen LogP contribution in [0.3, 0.4) is 0 Å². The van der Waals surface area contributed by atoms with E-state index in [4.69, 9.17) is 4.74 Å². The van der Waals surface area contributed by atoms with E-state index in [0.29, 0.717) is 12.4 Å². The summed E-state index contributed by atoms with van der Waals surface area (Å²) in [4.78, 5) is 0. The Morgan fingerprint density at radius 2 is 2.21 bits per heavy atom. The van der Waals surface area contributed by atoms with E-state index in [-0.39, 0.29) is 5.82 Å². The first-order valence-electron chi connectivity index (χ1n) is 4.86. The van der Waals surface area contributed by atoms with Crippen molar-refractivity contribution < 1.29 is 9.13 Å². The zero-order valence-corrected chi connectivity index (χ0v) is 8.42. The van der Waals surface area contributed by atoms with Crippen LogP contribution < -0.4 is 10.1 Å². The third-order valence-electron chi connectivity index (χ3n) is 1.89. The van der Waals surface area contributed by atoms with Gasteiger partial charge in [0.25, 0.3) is 0 Å². The van der Waals surface area contributed by atoms with Crippen LogP contribution in [-0.4, -0.2) is 20.2 Å². The molecule has 1 aromatic carbocycles. The van der Waals surface area contributed by atoms with Gasteiger partial charge in [-0.15, -0.1) is 0 Å². The first-order chi connectivity index (χ1) is 6.83. The summed E-state index contributed by atoms with van der Waals surface area (Å²) in [6.45, 7) is 1.64. The van der Waals surface area contributed by atoms with Crippen molar-refractivity contribution in [1.29, 1.82) is 0 Å². The van der Waals surface area contributed by atoms with E-state index in [0.717, 1.165) is 19.4 Å². The van der Waals surface area contributed by atoms with Crippen LogP contribution in [0.1, 0.15) is 12.8 Å². The number of benzene rings is 1. The number of nitrogens with one attached hydrogen (secondary N) is 1. The SMILES string of the molecule is CNCCCCOc1cccc(F)c1. The van der Waals surface area contributed by atoms with Crippen LogP contribution in [0, 0.1) is 5.82 Å². The Hall–Kier alpha value is -1.09. The predicted octanol–water partition coefficient (Wildman–Crippen LogP) is 2.20. The van der Waals surface area contributed by atoms with Crippen LogP contribution in [0.4, 0.5) is 4.39 Å². The first kappa shape index (κ1) is 11.0. The molecule has 3 heteroatoms. The van der Waals surface area contributed by atoms with Gasteiger partial charge in [0.2, 0.25) is 0 Å². The molecule has 0 saturated heterocycles. The minimum atomic E-state index is -0.252. The van der Waals surface area contributed by atoms with Crippen molar-refractivity contribution in [2.24, 2.45) is 0 Å². The van der Waals surface area contributed by atoms with Crippen molar-refractivity contribution in [3.05, 3.63) is 30.1 Å². The molecule has 0 aliphatic heterocycles. The molecule has 0 aliphatic rings. The second-order valence-electron chi connectivity index (χ2n) is 3.12. The molecule has 2 nitrogen and oxygen atoms in total. The molecule has 0 heterocycles. The minimum absolute atomic E-state index is 0.252. The molecule has 0 spiro atoms. The van der Waals surface area contributed by atoms with Crippen LogP contribution in [0.2, 0.25) is 0 Å². The molecular weight excluding hydrogens is 181 g/mol. The number of halogens is 1. The maximum atomic E-state index is 12.7. The average Bonchev–Trinajstić information content (AvgIpc) is 2.18. The normalized spacial score (nSPS) is 10.1. The molecule has 0 aliphatic carbocycles. The molecule has 14 heavy (non-hydrogen) atoms. The number of hydrogen-bond donors (Lipinski definition) is 1. The lowest BCUT2D eigenvalue weighted by Crippen LogP contribution is -2.09. The smallest absolute Gasteiger partial charge is 0.126 e. The zero-order valence-electron chi connectivity index (χ0n) is 8.42. The van der Waals surface area contributed by atoms with Crippen molar-refractivity contribution in [2.45, 2.75) is 12.8 Å². The Bertz CT molecular complexity index is 265. The summed E-state index contributed by atoms with van der Waals surface area (Å²) in [6, 6.07) is 6.23. The number of unbranched alkanes of at least 4 members (excludes halogenated alkanes) is 1. The molecule has 0 fully saturated rings. The van der Waals surface area contributed by atoms with Crippen molar-refractivity contribution in [3.63, 3.8) is 0 Å². The van der Waals surface area contributed by atoms with E-state index in [1.165, 1.54) is 12.1 Å². The lowest BCUT2D eigenvalue weighted by molar-refractivity contribution is 0.305. The van der Waals surface area contributed by atoms with E-state index >= 15 is 0 Å². The topological polar surface area (TPSA) is 21.3 Å². The van der Waals surface area contributed by atoms with Gasteiger partial charge in [0, 0.05) is 6.07 Å². The molecular formula is C11H16FNO. The molecule has 0 aromatic heterocycles.